The highest BCUT2D eigenvalue weighted by Crippen LogP contribution is 2.38. The Morgan fingerprint density at radius 2 is 1.70 bits per heavy atom. The highest BCUT2D eigenvalue weighted by molar-refractivity contribution is 8.00. The summed E-state index contributed by atoms with van der Waals surface area (Å²) >= 11 is 1.34. The number of hydrogen-bond donors (Lipinski definition) is 1. The van der Waals surface area contributed by atoms with Gasteiger partial charge in [0.25, 0.3) is 0 Å². The van der Waals surface area contributed by atoms with Gasteiger partial charge in [-0.2, -0.15) is 13.2 Å². The lowest BCUT2D eigenvalue weighted by molar-refractivity contribution is -0.219. The van der Waals surface area contributed by atoms with Gasteiger partial charge in [0, 0.05) is 42.9 Å². The Morgan fingerprint density at radius 1 is 0.913 bits per heavy atom. The third-order valence-corrected chi connectivity index (χ3v) is 8.49. The number of benzene rings is 1. The standard InChI is InChI=1S/C34H42F3N7OS/c1-32(2,3)22-43-19-11-7-6-8-13-24-14-9-10-15-25(24)30-26(21-38-31(40-30)42-46-29-17-12-16-27(43)39-29)44-20-18-28(41-44)45-23-33(4,5)34(35,36)37/h9-10,12,14-18,20-21H,6-8,11,13,19,22-23H2,1-5H3,(H,38,40,42). The molecule has 0 spiro atoms. The van der Waals surface area contributed by atoms with E-state index < -0.39 is 18.2 Å². The number of hydrogen-bond acceptors (Lipinski definition) is 8. The molecule has 4 aromatic rings. The average Bonchev–Trinajstić information content (AvgIpc) is 3.48. The van der Waals surface area contributed by atoms with E-state index in [1.54, 1.807) is 23.1 Å². The number of halogens is 3. The van der Waals surface area contributed by atoms with Crippen molar-refractivity contribution in [1.29, 1.82) is 0 Å². The van der Waals surface area contributed by atoms with Crippen LogP contribution in [0.4, 0.5) is 24.9 Å². The third-order valence-electron chi connectivity index (χ3n) is 7.77. The number of anilines is 2. The zero-order valence-corrected chi connectivity index (χ0v) is 27.9. The Labute approximate surface area is 273 Å². The third kappa shape index (κ3) is 8.51. The van der Waals surface area contributed by atoms with Crippen molar-refractivity contribution in [3.63, 3.8) is 0 Å². The van der Waals surface area contributed by atoms with Crippen LogP contribution in [0.5, 0.6) is 5.88 Å². The van der Waals surface area contributed by atoms with Crippen molar-refractivity contribution in [2.75, 3.05) is 29.3 Å². The second-order valence-electron chi connectivity index (χ2n) is 13.5. The van der Waals surface area contributed by atoms with Crippen LogP contribution >= 0.6 is 11.9 Å². The topological polar surface area (TPSA) is 81.0 Å². The van der Waals surface area contributed by atoms with Gasteiger partial charge < -0.3 is 9.64 Å². The number of aryl methyl sites for hydroxylation is 1. The Balaban J connectivity index is 1.48. The minimum atomic E-state index is -4.40. The largest absolute Gasteiger partial charge is 0.476 e. The van der Waals surface area contributed by atoms with Crippen molar-refractivity contribution >= 4 is 23.7 Å². The van der Waals surface area contributed by atoms with Crippen LogP contribution in [0.25, 0.3) is 16.9 Å². The molecule has 0 unspecified atom stereocenters. The number of alkyl halides is 3. The van der Waals surface area contributed by atoms with Gasteiger partial charge in [0.05, 0.1) is 11.6 Å². The Morgan fingerprint density at radius 3 is 2.48 bits per heavy atom. The first-order valence-electron chi connectivity index (χ1n) is 15.6. The molecule has 0 fully saturated rings. The average molecular weight is 654 g/mol. The summed E-state index contributed by atoms with van der Waals surface area (Å²) in [7, 11) is 0. The summed E-state index contributed by atoms with van der Waals surface area (Å²) in [5.41, 5.74) is 1.45. The van der Waals surface area contributed by atoms with Crippen LogP contribution in [-0.2, 0) is 6.42 Å². The molecule has 246 valence electrons. The Bertz CT molecular complexity index is 1620. The number of ether oxygens (including phenoxy) is 1. The van der Waals surface area contributed by atoms with E-state index in [4.69, 9.17) is 14.7 Å². The van der Waals surface area contributed by atoms with E-state index in [9.17, 15) is 13.2 Å². The van der Waals surface area contributed by atoms with E-state index in [1.807, 2.05) is 30.3 Å². The fourth-order valence-corrected chi connectivity index (χ4v) is 5.75. The van der Waals surface area contributed by atoms with E-state index in [0.29, 0.717) is 17.3 Å². The number of fused-ring (bicyclic) bond motifs is 6. The second-order valence-corrected chi connectivity index (χ2v) is 14.4. The van der Waals surface area contributed by atoms with E-state index >= 15 is 0 Å². The monoisotopic (exact) mass is 653 g/mol. The lowest BCUT2D eigenvalue weighted by Gasteiger charge is -2.31. The van der Waals surface area contributed by atoms with Gasteiger partial charge in [0.15, 0.2) is 0 Å². The summed E-state index contributed by atoms with van der Waals surface area (Å²) in [4.78, 5) is 16.8. The molecule has 1 aliphatic heterocycles. The molecule has 0 amide bonds. The maximum atomic E-state index is 13.4. The van der Waals surface area contributed by atoms with Gasteiger partial charge in [-0.3, -0.25) is 4.72 Å². The maximum Gasteiger partial charge on any atom is 0.397 e. The van der Waals surface area contributed by atoms with Gasteiger partial charge in [-0.25, -0.2) is 19.6 Å². The quantitative estimate of drug-likeness (QED) is 0.214. The van der Waals surface area contributed by atoms with Gasteiger partial charge >= 0.3 is 6.18 Å². The lowest BCUT2D eigenvalue weighted by atomic mass is 9.94. The number of nitrogens with one attached hydrogen (secondary N) is 1. The predicted octanol–water partition coefficient (Wildman–Crippen LogP) is 8.78. The highest BCUT2D eigenvalue weighted by atomic mass is 32.2. The molecule has 12 heteroatoms. The Kier molecular flexibility index (Phi) is 10.1. The molecule has 1 aliphatic rings. The summed E-state index contributed by atoms with van der Waals surface area (Å²) in [6, 6.07) is 15.8. The predicted molar refractivity (Wildman–Crippen MR) is 177 cm³/mol. The fourth-order valence-electron chi connectivity index (χ4n) is 5.17. The summed E-state index contributed by atoms with van der Waals surface area (Å²) < 4.78 is 50.5. The first-order valence-corrected chi connectivity index (χ1v) is 16.5. The van der Waals surface area contributed by atoms with Crippen molar-refractivity contribution < 1.29 is 17.9 Å². The smallest absolute Gasteiger partial charge is 0.397 e. The molecule has 0 saturated carbocycles. The maximum absolute atomic E-state index is 13.4. The number of rotatable bonds is 5. The highest BCUT2D eigenvalue weighted by Gasteiger charge is 2.48. The van der Waals surface area contributed by atoms with E-state index in [1.165, 1.54) is 11.9 Å². The molecule has 1 N–H and O–H groups in total. The zero-order chi connectivity index (χ0) is 33.0. The molecule has 5 rings (SSSR count). The first kappa shape index (κ1) is 33.6. The van der Waals surface area contributed by atoms with Gasteiger partial charge in [-0.15, -0.1) is 5.10 Å². The SMILES string of the molecule is CC(C)(C)CN1CCCCCCc2ccccc2-c2nc(ncc2-n2ccc(OCC(C)(C)C(F)(F)F)n2)NSc2cccc1n2. The van der Waals surface area contributed by atoms with Gasteiger partial charge in [0.2, 0.25) is 11.8 Å². The second kappa shape index (κ2) is 13.9. The number of nitrogens with zero attached hydrogens (tertiary/aromatic N) is 6. The number of aromatic nitrogens is 5. The molecule has 0 saturated heterocycles. The zero-order valence-electron chi connectivity index (χ0n) is 27.1. The molecule has 0 aliphatic carbocycles. The minimum Gasteiger partial charge on any atom is -0.476 e. The molecule has 0 radical (unpaired) electrons. The van der Waals surface area contributed by atoms with Gasteiger partial charge in [-0.1, -0.05) is 63.9 Å². The first-order chi connectivity index (χ1) is 21.8. The van der Waals surface area contributed by atoms with Crippen LogP contribution in [0.2, 0.25) is 0 Å². The summed E-state index contributed by atoms with van der Waals surface area (Å²) in [5, 5.41) is 5.24. The van der Waals surface area contributed by atoms with E-state index in [2.05, 4.69) is 52.6 Å². The van der Waals surface area contributed by atoms with Gasteiger partial charge in [0.1, 0.15) is 28.8 Å². The van der Waals surface area contributed by atoms with Gasteiger partial charge in [-0.05, 0) is 56.2 Å². The minimum absolute atomic E-state index is 0.0892. The summed E-state index contributed by atoms with van der Waals surface area (Å²) in [5.74, 6) is 1.44. The van der Waals surface area contributed by atoms with Crippen molar-refractivity contribution in [1.82, 2.24) is 24.7 Å². The molecular weight excluding hydrogens is 611 g/mol. The molecule has 0 atom stereocenters. The molecule has 1 aromatic carbocycles. The molecule has 3 aromatic heterocycles. The summed E-state index contributed by atoms with van der Waals surface area (Å²) in [6.45, 7) is 10.3. The van der Waals surface area contributed by atoms with Crippen molar-refractivity contribution in [2.24, 2.45) is 10.8 Å². The Hall–Kier alpha value is -3.80. The normalized spacial score (nSPS) is 15.1. The van der Waals surface area contributed by atoms with Crippen molar-refractivity contribution in [2.45, 2.75) is 77.9 Å². The summed E-state index contributed by atoms with van der Waals surface area (Å²) in [6.07, 6.45) is 4.11. The molecular formula is C34H42F3N7OS. The van der Waals surface area contributed by atoms with Crippen LogP contribution in [0, 0.1) is 10.8 Å². The lowest BCUT2D eigenvalue weighted by Crippen LogP contribution is -2.37. The molecule has 46 heavy (non-hydrogen) atoms. The molecule has 8 nitrogen and oxygen atoms in total. The van der Waals surface area contributed by atoms with Crippen molar-refractivity contribution in [3.8, 4) is 22.8 Å². The number of pyridine rings is 1. The van der Waals surface area contributed by atoms with Crippen LogP contribution < -0.4 is 14.4 Å². The van der Waals surface area contributed by atoms with Crippen LogP contribution in [0.15, 0.2) is 66.0 Å². The van der Waals surface area contributed by atoms with Crippen LogP contribution in [0.3, 0.4) is 0 Å². The van der Waals surface area contributed by atoms with Crippen LogP contribution in [-0.4, -0.2) is 50.6 Å². The van der Waals surface area contributed by atoms with Crippen molar-refractivity contribution in [3.05, 3.63) is 66.5 Å². The van der Waals surface area contributed by atoms with E-state index in [0.717, 1.165) is 81.0 Å². The molecule has 4 bridgehead atoms. The molecule has 4 heterocycles. The fraction of sp³-hybridized carbons (Fsp3) is 0.471. The van der Waals surface area contributed by atoms with Crippen LogP contribution in [0.1, 0.15) is 65.9 Å². The van der Waals surface area contributed by atoms with E-state index in [-0.39, 0.29) is 11.3 Å².